The number of nitrogens with zero attached hydrogens (tertiary/aromatic N) is 2. The normalized spacial score (nSPS) is 14.6. The third-order valence-corrected chi connectivity index (χ3v) is 3.06. The number of hydrogen-bond donors (Lipinski definition) is 1. The maximum atomic E-state index is 12.4. The third-order valence-electron chi connectivity index (χ3n) is 3.06. The summed E-state index contributed by atoms with van der Waals surface area (Å²) in [6, 6.07) is 3.89. The number of aromatic nitrogens is 1. The van der Waals surface area contributed by atoms with Crippen molar-refractivity contribution in [3.63, 3.8) is 0 Å². The van der Waals surface area contributed by atoms with Crippen LogP contribution < -0.4 is 5.73 Å². The zero-order valence-electron chi connectivity index (χ0n) is 10.6. The Morgan fingerprint density at radius 1 is 1.61 bits per heavy atom. The Morgan fingerprint density at radius 2 is 2.39 bits per heavy atom. The van der Waals surface area contributed by atoms with Crippen molar-refractivity contribution in [1.82, 2.24) is 9.88 Å². The Morgan fingerprint density at radius 3 is 3.00 bits per heavy atom. The Bertz CT molecular complexity index is 418. The van der Waals surface area contributed by atoms with E-state index < -0.39 is 0 Å². The highest BCUT2D eigenvalue weighted by atomic mass is 16.5. The number of pyridine rings is 1. The Labute approximate surface area is 107 Å². The minimum Gasteiger partial charge on any atom is -0.383 e. The quantitative estimate of drug-likeness (QED) is 0.809. The van der Waals surface area contributed by atoms with Crippen LogP contribution in [0, 0.1) is 0 Å². The first kappa shape index (κ1) is 13.0. The number of ether oxygens (including phenoxy) is 1. The van der Waals surface area contributed by atoms with Gasteiger partial charge in [0.2, 0.25) is 0 Å². The average Bonchev–Trinajstić information content (AvgIpc) is 3.23. The van der Waals surface area contributed by atoms with Crippen LogP contribution in [0.1, 0.15) is 28.9 Å². The Hall–Kier alpha value is -1.46. The van der Waals surface area contributed by atoms with Crippen LogP contribution in [0.4, 0.5) is 0 Å². The molecule has 1 heterocycles. The van der Waals surface area contributed by atoms with Crippen molar-refractivity contribution < 1.29 is 9.53 Å². The molecule has 0 atom stereocenters. The monoisotopic (exact) mass is 249 g/mol. The molecule has 0 unspecified atom stereocenters. The van der Waals surface area contributed by atoms with Gasteiger partial charge in [0.05, 0.1) is 12.3 Å². The van der Waals surface area contributed by atoms with Crippen LogP contribution in [-0.2, 0) is 11.3 Å². The second kappa shape index (κ2) is 5.93. The van der Waals surface area contributed by atoms with Gasteiger partial charge in [0.15, 0.2) is 0 Å². The molecule has 0 spiro atoms. The molecule has 1 aliphatic rings. The van der Waals surface area contributed by atoms with Gasteiger partial charge >= 0.3 is 0 Å². The van der Waals surface area contributed by atoms with E-state index in [4.69, 9.17) is 10.5 Å². The molecule has 1 aliphatic carbocycles. The van der Waals surface area contributed by atoms with Gasteiger partial charge in [-0.05, 0) is 25.0 Å². The lowest BCUT2D eigenvalue weighted by atomic mass is 10.2. The van der Waals surface area contributed by atoms with Gasteiger partial charge in [-0.15, -0.1) is 0 Å². The van der Waals surface area contributed by atoms with Crippen molar-refractivity contribution in [2.75, 3.05) is 20.3 Å². The lowest BCUT2D eigenvalue weighted by Crippen LogP contribution is -2.35. The first-order chi connectivity index (χ1) is 8.76. The maximum absolute atomic E-state index is 12.4. The summed E-state index contributed by atoms with van der Waals surface area (Å²) in [5, 5.41) is 0. The minimum absolute atomic E-state index is 0.0478. The summed E-state index contributed by atoms with van der Waals surface area (Å²) in [6.45, 7) is 1.56. The van der Waals surface area contributed by atoms with Gasteiger partial charge in [0.25, 0.3) is 5.91 Å². The second-order valence-corrected chi connectivity index (χ2v) is 4.46. The smallest absolute Gasteiger partial charge is 0.254 e. The van der Waals surface area contributed by atoms with E-state index in [9.17, 15) is 4.79 Å². The van der Waals surface area contributed by atoms with E-state index in [-0.39, 0.29) is 5.91 Å². The van der Waals surface area contributed by atoms with Gasteiger partial charge in [-0.25, -0.2) is 0 Å². The van der Waals surface area contributed by atoms with E-state index in [1.165, 1.54) is 0 Å². The van der Waals surface area contributed by atoms with Crippen LogP contribution in [0.3, 0.4) is 0 Å². The molecule has 1 fully saturated rings. The summed E-state index contributed by atoms with van der Waals surface area (Å²) >= 11 is 0. The van der Waals surface area contributed by atoms with Gasteiger partial charge in [-0.2, -0.15) is 0 Å². The van der Waals surface area contributed by atoms with Gasteiger partial charge in [-0.3, -0.25) is 9.78 Å². The van der Waals surface area contributed by atoms with Crippen LogP contribution >= 0.6 is 0 Å². The minimum atomic E-state index is 0.0478. The van der Waals surface area contributed by atoms with E-state index >= 15 is 0 Å². The SMILES string of the molecule is COCCN(C(=O)c1ccnc(CN)c1)C1CC1. The first-order valence-electron chi connectivity index (χ1n) is 6.21. The van der Waals surface area contributed by atoms with Crippen LogP contribution in [0.5, 0.6) is 0 Å². The van der Waals surface area contributed by atoms with Crippen LogP contribution in [0.25, 0.3) is 0 Å². The molecular weight excluding hydrogens is 230 g/mol. The highest BCUT2D eigenvalue weighted by Gasteiger charge is 2.32. The van der Waals surface area contributed by atoms with Gasteiger partial charge < -0.3 is 15.4 Å². The number of carbonyl (C=O) groups excluding carboxylic acids is 1. The van der Waals surface area contributed by atoms with Crippen molar-refractivity contribution >= 4 is 5.91 Å². The van der Waals surface area contributed by atoms with Crippen LogP contribution in [-0.4, -0.2) is 42.1 Å². The molecule has 1 aromatic rings. The molecule has 1 saturated carbocycles. The zero-order valence-corrected chi connectivity index (χ0v) is 10.6. The highest BCUT2D eigenvalue weighted by molar-refractivity contribution is 5.94. The topological polar surface area (TPSA) is 68.5 Å². The molecule has 18 heavy (non-hydrogen) atoms. The molecular formula is C13H19N3O2. The summed E-state index contributed by atoms with van der Waals surface area (Å²) < 4.78 is 5.05. The third kappa shape index (κ3) is 3.05. The predicted octanol–water partition coefficient (Wildman–Crippen LogP) is 0.791. The van der Waals surface area contributed by atoms with Crippen molar-refractivity contribution in [3.8, 4) is 0 Å². The van der Waals surface area contributed by atoms with E-state index in [1.54, 1.807) is 25.4 Å². The number of carbonyl (C=O) groups is 1. The van der Waals surface area contributed by atoms with Crippen LogP contribution in [0.15, 0.2) is 18.3 Å². The Balaban J connectivity index is 2.11. The Kier molecular flexibility index (Phi) is 4.28. The van der Waals surface area contributed by atoms with Gasteiger partial charge in [0.1, 0.15) is 0 Å². The summed E-state index contributed by atoms with van der Waals surface area (Å²) in [4.78, 5) is 18.4. The van der Waals surface area contributed by atoms with Crippen LogP contribution in [0.2, 0.25) is 0 Å². The lowest BCUT2D eigenvalue weighted by molar-refractivity contribution is 0.0680. The van der Waals surface area contributed by atoms with Crippen molar-refractivity contribution in [1.29, 1.82) is 0 Å². The van der Waals surface area contributed by atoms with E-state index in [2.05, 4.69) is 4.98 Å². The molecule has 0 saturated heterocycles. The number of amides is 1. The fourth-order valence-electron chi connectivity index (χ4n) is 1.91. The van der Waals surface area contributed by atoms with Crippen molar-refractivity contribution in [3.05, 3.63) is 29.6 Å². The molecule has 5 heteroatoms. The van der Waals surface area contributed by atoms with Crippen molar-refractivity contribution in [2.45, 2.75) is 25.4 Å². The molecule has 0 aromatic carbocycles. The summed E-state index contributed by atoms with van der Waals surface area (Å²) in [7, 11) is 1.65. The average molecular weight is 249 g/mol. The number of methoxy groups -OCH3 is 1. The molecule has 2 rings (SSSR count). The summed E-state index contributed by atoms with van der Waals surface area (Å²) in [6.07, 6.45) is 3.81. The largest absolute Gasteiger partial charge is 0.383 e. The lowest BCUT2D eigenvalue weighted by Gasteiger charge is -2.22. The molecule has 98 valence electrons. The standard InChI is InChI=1S/C13H19N3O2/c1-18-7-6-16(12-2-3-12)13(17)10-4-5-15-11(8-10)9-14/h4-5,8,12H,2-3,6-7,9,14H2,1H3. The molecule has 0 radical (unpaired) electrons. The van der Waals surface area contributed by atoms with E-state index in [0.717, 1.165) is 18.5 Å². The molecule has 0 aliphatic heterocycles. The van der Waals surface area contributed by atoms with Crippen molar-refractivity contribution in [2.24, 2.45) is 5.73 Å². The fourth-order valence-corrected chi connectivity index (χ4v) is 1.91. The molecule has 2 N–H and O–H groups in total. The summed E-state index contributed by atoms with van der Waals surface area (Å²) in [5.74, 6) is 0.0478. The number of nitrogens with two attached hydrogens (primary N) is 1. The predicted molar refractivity (Wildman–Crippen MR) is 68.1 cm³/mol. The molecule has 1 amide bonds. The van der Waals surface area contributed by atoms with E-state index in [1.807, 2.05) is 4.90 Å². The summed E-state index contributed by atoms with van der Waals surface area (Å²) in [5.41, 5.74) is 6.94. The molecule has 0 bridgehead atoms. The number of rotatable bonds is 6. The fraction of sp³-hybridized carbons (Fsp3) is 0.538. The molecule has 5 nitrogen and oxygen atoms in total. The van der Waals surface area contributed by atoms with Gasteiger partial charge in [-0.1, -0.05) is 0 Å². The number of hydrogen-bond acceptors (Lipinski definition) is 4. The second-order valence-electron chi connectivity index (χ2n) is 4.46. The maximum Gasteiger partial charge on any atom is 0.254 e. The van der Waals surface area contributed by atoms with E-state index in [0.29, 0.717) is 31.3 Å². The highest BCUT2D eigenvalue weighted by Crippen LogP contribution is 2.28. The molecule has 1 aromatic heterocycles. The first-order valence-corrected chi connectivity index (χ1v) is 6.21. The van der Waals surface area contributed by atoms with Gasteiger partial charge in [0, 0.05) is 38.0 Å². The zero-order chi connectivity index (χ0) is 13.0.